The van der Waals surface area contributed by atoms with Crippen LogP contribution in [0.5, 0.6) is 0 Å². The molecule has 3 aromatic heterocycles. The SMILES string of the molecule is CN(c1ncnc2c1ccn2SI)C1CCn2cc(C(=O)O)nc2C1. The van der Waals surface area contributed by atoms with E-state index >= 15 is 0 Å². The van der Waals surface area contributed by atoms with E-state index in [1.165, 1.54) is 0 Å². The molecule has 3 aromatic rings. The van der Waals surface area contributed by atoms with Crippen molar-refractivity contribution in [3.05, 3.63) is 36.3 Å². The van der Waals surface area contributed by atoms with E-state index in [-0.39, 0.29) is 11.7 Å². The zero-order chi connectivity index (χ0) is 17.6. The lowest BCUT2D eigenvalue weighted by Gasteiger charge is -2.32. The van der Waals surface area contributed by atoms with Gasteiger partial charge in [0.15, 0.2) is 11.3 Å². The molecule has 4 rings (SSSR count). The molecule has 0 aromatic carbocycles. The van der Waals surface area contributed by atoms with Crippen LogP contribution in [0.2, 0.25) is 0 Å². The number of nitrogens with zero attached hydrogens (tertiary/aromatic N) is 6. The number of halogens is 1. The van der Waals surface area contributed by atoms with E-state index in [0.717, 1.165) is 35.6 Å². The number of carbonyl (C=O) groups is 1. The fourth-order valence-corrected chi connectivity index (χ4v) is 4.54. The third-order valence-corrected chi connectivity index (χ3v) is 6.30. The Labute approximate surface area is 160 Å². The quantitative estimate of drug-likeness (QED) is 0.587. The van der Waals surface area contributed by atoms with Crippen LogP contribution in [0.1, 0.15) is 22.7 Å². The highest BCUT2D eigenvalue weighted by Crippen LogP contribution is 2.30. The van der Waals surface area contributed by atoms with Crippen LogP contribution in [0.25, 0.3) is 11.0 Å². The molecule has 0 radical (unpaired) electrons. The second-order valence-electron chi connectivity index (χ2n) is 5.94. The van der Waals surface area contributed by atoms with Gasteiger partial charge in [-0.1, -0.05) is 0 Å². The summed E-state index contributed by atoms with van der Waals surface area (Å²) in [4.78, 5) is 26.4. The number of carboxylic acid groups (broad SMARTS) is 1. The first-order valence-corrected chi connectivity index (χ1v) is 11.0. The molecule has 0 fully saturated rings. The molecule has 130 valence electrons. The lowest BCUT2D eigenvalue weighted by atomic mass is 10.0. The summed E-state index contributed by atoms with van der Waals surface area (Å²) in [7, 11) is 3.59. The number of likely N-dealkylation sites (N-methyl/N-ethyl adjacent to an activating group) is 1. The molecule has 1 N–H and O–H groups in total. The second kappa shape index (κ2) is 6.48. The summed E-state index contributed by atoms with van der Waals surface area (Å²) < 4.78 is 3.94. The molecule has 1 aliphatic rings. The summed E-state index contributed by atoms with van der Waals surface area (Å²) in [5.41, 5.74) is 1.00. The average Bonchev–Trinajstić information content (AvgIpc) is 3.23. The molecule has 1 atom stereocenters. The molecule has 8 nitrogen and oxygen atoms in total. The van der Waals surface area contributed by atoms with E-state index in [4.69, 9.17) is 5.11 Å². The largest absolute Gasteiger partial charge is 0.476 e. The van der Waals surface area contributed by atoms with Crippen molar-refractivity contribution >= 4 is 53.1 Å². The van der Waals surface area contributed by atoms with Crippen LogP contribution < -0.4 is 4.90 Å². The van der Waals surface area contributed by atoms with Gasteiger partial charge >= 0.3 is 5.97 Å². The summed E-state index contributed by atoms with van der Waals surface area (Å²) in [5, 5.41) is 10.1. The molecule has 0 saturated heterocycles. The molecular formula is C15H15IN6O2S. The summed E-state index contributed by atoms with van der Waals surface area (Å²) in [6, 6.07) is 2.24. The zero-order valence-corrected chi connectivity index (χ0v) is 16.3. The van der Waals surface area contributed by atoms with E-state index < -0.39 is 5.97 Å². The minimum absolute atomic E-state index is 0.110. The van der Waals surface area contributed by atoms with Gasteiger partial charge in [0.2, 0.25) is 0 Å². The van der Waals surface area contributed by atoms with Crippen molar-refractivity contribution in [2.45, 2.75) is 25.4 Å². The van der Waals surface area contributed by atoms with Gasteiger partial charge in [0.25, 0.3) is 0 Å². The first-order chi connectivity index (χ1) is 12.1. The molecule has 0 bridgehead atoms. The average molecular weight is 470 g/mol. The fourth-order valence-electron chi connectivity index (χ4n) is 3.27. The fraction of sp³-hybridized carbons (Fsp3) is 0.333. The third kappa shape index (κ3) is 2.86. The number of hydrogen-bond donors (Lipinski definition) is 1. The van der Waals surface area contributed by atoms with Crippen LogP contribution in [0.3, 0.4) is 0 Å². The van der Waals surface area contributed by atoms with Crippen LogP contribution in [0, 0.1) is 0 Å². The number of hydrogen-bond acceptors (Lipinski definition) is 6. The number of rotatable bonds is 4. The lowest BCUT2D eigenvalue weighted by Crippen LogP contribution is -2.38. The molecule has 10 heteroatoms. The highest BCUT2D eigenvalue weighted by Gasteiger charge is 2.27. The maximum Gasteiger partial charge on any atom is 0.356 e. The number of imidazole rings is 1. The van der Waals surface area contributed by atoms with E-state index in [0.29, 0.717) is 6.42 Å². The normalized spacial score (nSPS) is 16.8. The Morgan fingerprint density at radius 3 is 3.08 bits per heavy atom. The molecule has 0 aliphatic carbocycles. The molecule has 1 aliphatic heterocycles. The molecule has 0 amide bonds. The Morgan fingerprint density at radius 1 is 1.48 bits per heavy atom. The van der Waals surface area contributed by atoms with Crippen molar-refractivity contribution in [1.29, 1.82) is 0 Å². The number of aromatic carboxylic acids is 1. The van der Waals surface area contributed by atoms with Crippen molar-refractivity contribution < 1.29 is 9.90 Å². The van der Waals surface area contributed by atoms with Crippen LogP contribution in [0.4, 0.5) is 5.82 Å². The van der Waals surface area contributed by atoms with Crippen molar-refractivity contribution in [2.75, 3.05) is 11.9 Å². The predicted molar refractivity (Wildman–Crippen MR) is 104 cm³/mol. The van der Waals surface area contributed by atoms with Gasteiger partial charge in [-0.2, -0.15) is 0 Å². The van der Waals surface area contributed by atoms with Gasteiger partial charge in [0.05, 0.1) is 5.39 Å². The molecule has 0 spiro atoms. The minimum Gasteiger partial charge on any atom is -0.476 e. The van der Waals surface area contributed by atoms with E-state index in [9.17, 15) is 4.79 Å². The van der Waals surface area contributed by atoms with Crippen molar-refractivity contribution in [3.8, 4) is 0 Å². The number of aryl methyl sites for hydroxylation is 1. The monoisotopic (exact) mass is 470 g/mol. The standard InChI is InChI=1S/C15H15IN6O2S/c1-20(13-10-3-5-22(25-16)14(10)18-8-17-13)9-2-4-21-7-11(15(23)24)19-12(21)6-9/h3,5,7-9H,2,4,6H2,1H3,(H,23,24). The van der Waals surface area contributed by atoms with Crippen molar-refractivity contribution in [3.63, 3.8) is 0 Å². The van der Waals surface area contributed by atoms with Gasteiger partial charge in [-0.3, -0.25) is 3.97 Å². The summed E-state index contributed by atoms with van der Waals surface area (Å²) in [5.74, 6) is 0.714. The van der Waals surface area contributed by atoms with Gasteiger partial charge in [0, 0.05) is 68.8 Å². The second-order valence-corrected chi connectivity index (χ2v) is 7.66. The van der Waals surface area contributed by atoms with Gasteiger partial charge in [-0.25, -0.2) is 19.7 Å². The number of fused-ring (bicyclic) bond motifs is 2. The van der Waals surface area contributed by atoms with Crippen molar-refractivity contribution in [1.82, 2.24) is 23.5 Å². The highest BCUT2D eigenvalue weighted by atomic mass is 127. The van der Waals surface area contributed by atoms with Crippen LogP contribution in [0.15, 0.2) is 24.8 Å². The maximum atomic E-state index is 11.1. The molecule has 0 saturated carbocycles. The number of aromatic nitrogens is 5. The zero-order valence-electron chi connectivity index (χ0n) is 13.3. The Kier molecular flexibility index (Phi) is 4.31. The number of carboxylic acids is 1. The van der Waals surface area contributed by atoms with E-state index in [2.05, 4.69) is 41.1 Å². The van der Waals surface area contributed by atoms with E-state index in [1.807, 2.05) is 27.9 Å². The van der Waals surface area contributed by atoms with Crippen LogP contribution in [-0.2, 0) is 13.0 Å². The Hall–Kier alpha value is -1.82. The van der Waals surface area contributed by atoms with E-state index in [1.54, 1.807) is 21.6 Å². The third-order valence-electron chi connectivity index (χ3n) is 4.58. The topological polar surface area (TPSA) is 89.1 Å². The minimum atomic E-state index is -0.984. The Balaban J connectivity index is 1.64. The molecular weight excluding hydrogens is 455 g/mol. The molecule has 4 heterocycles. The smallest absolute Gasteiger partial charge is 0.356 e. The summed E-state index contributed by atoms with van der Waals surface area (Å²) >= 11 is 2.22. The lowest BCUT2D eigenvalue weighted by molar-refractivity contribution is 0.0691. The first kappa shape index (κ1) is 16.6. The van der Waals surface area contributed by atoms with Gasteiger partial charge < -0.3 is 14.6 Å². The van der Waals surface area contributed by atoms with Crippen LogP contribution >= 0.6 is 30.3 Å². The molecule has 1 unspecified atom stereocenters. The van der Waals surface area contributed by atoms with Gasteiger partial charge in [-0.15, -0.1) is 0 Å². The highest BCUT2D eigenvalue weighted by molar-refractivity contribution is 14.2. The molecule has 25 heavy (non-hydrogen) atoms. The number of anilines is 1. The Morgan fingerprint density at radius 2 is 2.32 bits per heavy atom. The predicted octanol–water partition coefficient (Wildman–Crippen LogP) is 2.62. The van der Waals surface area contributed by atoms with Gasteiger partial charge in [-0.05, 0) is 12.5 Å². The summed E-state index contributed by atoms with van der Waals surface area (Å²) in [6.45, 7) is 0.753. The van der Waals surface area contributed by atoms with Crippen molar-refractivity contribution in [2.24, 2.45) is 0 Å². The summed E-state index contributed by atoms with van der Waals surface area (Å²) in [6.07, 6.45) is 6.79. The maximum absolute atomic E-state index is 11.1. The van der Waals surface area contributed by atoms with Gasteiger partial charge in [0.1, 0.15) is 18.0 Å². The first-order valence-electron chi connectivity index (χ1n) is 7.72. The Bertz CT molecular complexity index is 955. The van der Waals surface area contributed by atoms with Crippen LogP contribution in [-0.4, -0.2) is 47.7 Å².